The van der Waals surface area contributed by atoms with Crippen molar-refractivity contribution in [2.45, 2.75) is 45.0 Å². The molecule has 2 amide bonds. The standard InChI is InChI=1S/C27H34F3N5O3/c1-17-3-4-21(31-26(37)34-6-5-19(15-34)14-27(28,29)30)13-22(17)20-11-24(33-7-9-38-10-8-33)32-25(12-20)35-16-23(36)18(35)2/h3-4,11-13,18-19,23,36H,5-10,14-16H2,1-2H3,(H,31,37)/t18-,19?,23+/m0/s1. The molecule has 5 rings (SSSR count). The largest absolute Gasteiger partial charge is 0.389 e. The molecule has 1 unspecified atom stereocenters. The van der Waals surface area contributed by atoms with E-state index in [1.807, 2.05) is 38.1 Å². The molecule has 2 aromatic rings. The van der Waals surface area contributed by atoms with E-state index in [0.29, 0.717) is 38.4 Å². The molecule has 4 heterocycles. The molecule has 3 aliphatic rings. The molecular weight excluding hydrogens is 499 g/mol. The number of urea groups is 1. The van der Waals surface area contributed by atoms with Gasteiger partial charge in [-0.1, -0.05) is 6.07 Å². The smallest absolute Gasteiger partial charge is 0.389 e. The first kappa shape index (κ1) is 26.6. The van der Waals surface area contributed by atoms with Gasteiger partial charge in [0.05, 0.1) is 25.4 Å². The number of likely N-dealkylation sites (tertiary alicyclic amines) is 1. The predicted molar refractivity (Wildman–Crippen MR) is 140 cm³/mol. The lowest BCUT2D eigenvalue weighted by Crippen LogP contribution is -2.59. The summed E-state index contributed by atoms with van der Waals surface area (Å²) in [6, 6.07) is 9.23. The van der Waals surface area contributed by atoms with Crippen LogP contribution in [0.3, 0.4) is 0 Å². The minimum absolute atomic E-state index is 0.0383. The van der Waals surface area contributed by atoms with Gasteiger partial charge in [-0.05, 0) is 67.1 Å². The van der Waals surface area contributed by atoms with E-state index < -0.39 is 30.7 Å². The molecule has 0 saturated carbocycles. The highest BCUT2D eigenvalue weighted by Gasteiger charge is 2.37. The molecule has 3 aliphatic heterocycles. The molecule has 0 bridgehead atoms. The first-order valence-electron chi connectivity index (χ1n) is 13.1. The fourth-order valence-corrected chi connectivity index (χ4v) is 5.38. The number of nitrogens with one attached hydrogen (secondary N) is 1. The van der Waals surface area contributed by atoms with Gasteiger partial charge in [-0.2, -0.15) is 13.2 Å². The third-order valence-electron chi connectivity index (χ3n) is 7.75. The third-order valence-corrected chi connectivity index (χ3v) is 7.75. The molecule has 1 aromatic carbocycles. The second kappa shape index (κ2) is 10.6. The second-order valence-electron chi connectivity index (χ2n) is 10.5. The SMILES string of the molecule is Cc1ccc(NC(=O)N2CCC(CC(F)(F)F)C2)cc1-c1cc(N2CCOCC2)nc(N2C[C@@H](O)[C@@H]2C)c1. The minimum Gasteiger partial charge on any atom is -0.389 e. The van der Waals surface area contributed by atoms with E-state index in [-0.39, 0.29) is 12.6 Å². The number of nitrogens with zero attached hydrogens (tertiary/aromatic N) is 4. The summed E-state index contributed by atoms with van der Waals surface area (Å²) in [5.74, 6) is 1.05. The van der Waals surface area contributed by atoms with Crippen molar-refractivity contribution in [2.24, 2.45) is 5.92 Å². The first-order valence-corrected chi connectivity index (χ1v) is 13.1. The number of rotatable bonds is 5. The number of carbonyl (C=O) groups excluding carboxylic acids is 1. The number of hydrogen-bond acceptors (Lipinski definition) is 6. The van der Waals surface area contributed by atoms with Crippen LogP contribution in [0.25, 0.3) is 11.1 Å². The zero-order valence-electron chi connectivity index (χ0n) is 21.7. The van der Waals surface area contributed by atoms with Crippen molar-refractivity contribution < 1.29 is 27.8 Å². The number of amides is 2. The number of anilines is 3. The quantitative estimate of drug-likeness (QED) is 0.598. The maximum atomic E-state index is 12.9. The van der Waals surface area contributed by atoms with Crippen LogP contribution in [0.1, 0.15) is 25.3 Å². The Bertz CT molecular complexity index is 1150. The van der Waals surface area contributed by atoms with E-state index in [9.17, 15) is 23.1 Å². The topological polar surface area (TPSA) is 81.2 Å². The highest BCUT2D eigenvalue weighted by atomic mass is 19.4. The fraction of sp³-hybridized carbons (Fsp3) is 0.556. The number of aliphatic hydroxyl groups is 1. The Hall–Kier alpha value is -3.05. The van der Waals surface area contributed by atoms with Crippen LogP contribution >= 0.6 is 0 Å². The van der Waals surface area contributed by atoms with Gasteiger partial charge in [0.1, 0.15) is 11.6 Å². The second-order valence-corrected chi connectivity index (χ2v) is 10.5. The van der Waals surface area contributed by atoms with Gasteiger partial charge in [0.15, 0.2) is 0 Å². The third kappa shape index (κ3) is 5.83. The molecule has 0 radical (unpaired) electrons. The van der Waals surface area contributed by atoms with Crippen LogP contribution in [-0.2, 0) is 4.74 Å². The average Bonchev–Trinajstić information content (AvgIpc) is 3.35. The molecule has 0 aliphatic carbocycles. The number of aliphatic hydroxyl groups excluding tert-OH is 1. The monoisotopic (exact) mass is 533 g/mol. The van der Waals surface area contributed by atoms with Gasteiger partial charge in [-0.25, -0.2) is 9.78 Å². The summed E-state index contributed by atoms with van der Waals surface area (Å²) in [4.78, 5) is 23.5. The lowest BCUT2D eigenvalue weighted by atomic mass is 9.98. The van der Waals surface area contributed by atoms with Gasteiger partial charge >= 0.3 is 12.2 Å². The van der Waals surface area contributed by atoms with Crippen LogP contribution in [0.5, 0.6) is 0 Å². The van der Waals surface area contributed by atoms with Crippen molar-refractivity contribution >= 4 is 23.4 Å². The van der Waals surface area contributed by atoms with Gasteiger partial charge in [0.25, 0.3) is 0 Å². The predicted octanol–water partition coefficient (Wildman–Crippen LogP) is 4.27. The summed E-state index contributed by atoms with van der Waals surface area (Å²) >= 11 is 0. The van der Waals surface area contributed by atoms with E-state index in [4.69, 9.17) is 9.72 Å². The number of carbonyl (C=O) groups is 1. The Morgan fingerprint density at radius 1 is 1.13 bits per heavy atom. The fourth-order valence-electron chi connectivity index (χ4n) is 5.38. The molecule has 2 N–H and O–H groups in total. The lowest BCUT2D eigenvalue weighted by molar-refractivity contribution is -0.143. The van der Waals surface area contributed by atoms with Crippen LogP contribution in [0.4, 0.5) is 35.3 Å². The summed E-state index contributed by atoms with van der Waals surface area (Å²) < 4.78 is 43.8. The highest BCUT2D eigenvalue weighted by Crippen LogP contribution is 2.35. The summed E-state index contributed by atoms with van der Waals surface area (Å²) in [7, 11) is 0. The average molecular weight is 534 g/mol. The Balaban J connectivity index is 1.38. The van der Waals surface area contributed by atoms with Crippen LogP contribution in [0.2, 0.25) is 0 Å². The Morgan fingerprint density at radius 3 is 2.55 bits per heavy atom. The molecule has 1 aromatic heterocycles. The normalized spacial score (nSPS) is 23.9. The molecule has 11 heteroatoms. The molecule has 8 nitrogen and oxygen atoms in total. The number of ether oxygens (including phenoxy) is 1. The number of pyridine rings is 1. The number of β-amino-alcohol motifs (C(OH)–C–C–N with tert-alkyl or cyclic N) is 1. The minimum atomic E-state index is -4.22. The number of hydrogen-bond donors (Lipinski definition) is 2. The number of benzene rings is 1. The van der Waals surface area contributed by atoms with Gasteiger partial charge in [0.2, 0.25) is 0 Å². The summed E-state index contributed by atoms with van der Waals surface area (Å²) in [6.07, 6.45) is -5.14. The van der Waals surface area contributed by atoms with Gasteiger partial charge in [-0.3, -0.25) is 0 Å². The number of halogens is 3. The van der Waals surface area contributed by atoms with Crippen molar-refractivity contribution in [1.82, 2.24) is 9.88 Å². The van der Waals surface area contributed by atoms with Crippen molar-refractivity contribution in [3.63, 3.8) is 0 Å². The number of aromatic nitrogens is 1. The molecule has 3 fully saturated rings. The summed E-state index contributed by atoms with van der Waals surface area (Å²) in [5, 5.41) is 13.0. The van der Waals surface area contributed by atoms with E-state index in [1.54, 1.807) is 6.07 Å². The lowest BCUT2D eigenvalue weighted by Gasteiger charge is -2.44. The molecule has 3 saturated heterocycles. The number of aryl methyl sites for hydroxylation is 1. The molecule has 0 spiro atoms. The number of alkyl halides is 3. The van der Waals surface area contributed by atoms with Gasteiger partial charge in [0, 0.05) is 44.8 Å². The van der Waals surface area contributed by atoms with Gasteiger partial charge in [-0.15, -0.1) is 0 Å². The first-order chi connectivity index (χ1) is 18.1. The Labute approximate surface area is 220 Å². The van der Waals surface area contributed by atoms with Crippen LogP contribution in [-0.4, -0.2) is 85.3 Å². The van der Waals surface area contributed by atoms with Crippen LogP contribution < -0.4 is 15.1 Å². The molecule has 38 heavy (non-hydrogen) atoms. The maximum absolute atomic E-state index is 12.9. The molecular formula is C27H34F3N5O3. The van der Waals surface area contributed by atoms with Crippen molar-refractivity contribution in [2.75, 3.05) is 61.1 Å². The summed E-state index contributed by atoms with van der Waals surface area (Å²) in [5.41, 5.74) is 3.45. The van der Waals surface area contributed by atoms with Crippen molar-refractivity contribution in [1.29, 1.82) is 0 Å². The Kier molecular flexibility index (Phi) is 7.41. The maximum Gasteiger partial charge on any atom is 0.389 e. The van der Waals surface area contributed by atoms with E-state index in [0.717, 1.165) is 41.4 Å². The molecule has 3 atom stereocenters. The van der Waals surface area contributed by atoms with E-state index in [2.05, 4.69) is 15.1 Å². The van der Waals surface area contributed by atoms with Gasteiger partial charge < -0.3 is 29.9 Å². The zero-order chi connectivity index (χ0) is 27.0. The Morgan fingerprint density at radius 2 is 1.87 bits per heavy atom. The van der Waals surface area contributed by atoms with Crippen LogP contribution in [0.15, 0.2) is 30.3 Å². The summed E-state index contributed by atoms with van der Waals surface area (Å²) in [6.45, 7) is 7.59. The number of morpholine rings is 1. The molecule has 206 valence electrons. The highest BCUT2D eigenvalue weighted by molar-refractivity contribution is 5.91. The van der Waals surface area contributed by atoms with E-state index >= 15 is 0 Å². The van der Waals surface area contributed by atoms with Crippen LogP contribution in [0, 0.1) is 12.8 Å². The van der Waals surface area contributed by atoms with Crippen molar-refractivity contribution in [3.05, 3.63) is 35.9 Å². The van der Waals surface area contributed by atoms with E-state index in [1.165, 1.54) is 4.90 Å². The zero-order valence-corrected chi connectivity index (χ0v) is 21.7. The van der Waals surface area contributed by atoms with Crippen molar-refractivity contribution in [3.8, 4) is 11.1 Å².